The van der Waals surface area contributed by atoms with Crippen LogP contribution in [0.1, 0.15) is 37.6 Å². The van der Waals surface area contributed by atoms with E-state index in [0.29, 0.717) is 24.0 Å². The summed E-state index contributed by atoms with van der Waals surface area (Å²) in [5.41, 5.74) is 2.48. The van der Waals surface area contributed by atoms with E-state index in [2.05, 4.69) is 27.6 Å². The van der Waals surface area contributed by atoms with Crippen LogP contribution in [-0.4, -0.2) is 46.4 Å². The van der Waals surface area contributed by atoms with E-state index in [0.717, 1.165) is 30.9 Å². The SMILES string of the molecule is CCN1CCCCC1CNC(=O)Nc1ccc(-n2nc(C)cc2C)c(F)c1. The fourth-order valence-electron chi connectivity index (χ4n) is 3.72. The summed E-state index contributed by atoms with van der Waals surface area (Å²) >= 11 is 0. The van der Waals surface area contributed by atoms with Gasteiger partial charge in [0.05, 0.1) is 5.69 Å². The number of hydrogen-bond donors (Lipinski definition) is 2. The molecule has 1 fully saturated rings. The van der Waals surface area contributed by atoms with E-state index in [1.807, 2.05) is 19.9 Å². The van der Waals surface area contributed by atoms with Gasteiger partial charge in [-0.3, -0.25) is 4.90 Å². The second kappa shape index (κ2) is 8.52. The maximum absolute atomic E-state index is 14.5. The summed E-state index contributed by atoms with van der Waals surface area (Å²) in [6.07, 6.45) is 3.51. The Balaban J connectivity index is 1.60. The topological polar surface area (TPSA) is 62.2 Å². The second-order valence-electron chi connectivity index (χ2n) is 7.12. The molecule has 0 aliphatic carbocycles. The molecule has 2 amide bonds. The number of carbonyl (C=O) groups is 1. The van der Waals surface area contributed by atoms with E-state index < -0.39 is 5.82 Å². The maximum atomic E-state index is 14.5. The summed E-state index contributed by atoms with van der Waals surface area (Å²) in [5, 5.41) is 9.93. The standard InChI is InChI=1S/C20H28FN5O/c1-4-25-10-6-5-7-17(25)13-22-20(27)23-16-8-9-19(18(21)12-16)26-15(3)11-14(2)24-26/h8-9,11-12,17H,4-7,10,13H2,1-3H3,(H2,22,23,27). The quantitative estimate of drug-likeness (QED) is 0.841. The molecule has 1 aliphatic rings. The van der Waals surface area contributed by atoms with Crippen molar-refractivity contribution in [2.45, 2.75) is 46.1 Å². The molecule has 6 nitrogen and oxygen atoms in total. The van der Waals surface area contributed by atoms with Crippen LogP contribution in [0, 0.1) is 19.7 Å². The monoisotopic (exact) mass is 373 g/mol. The first-order valence-corrected chi connectivity index (χ1v) is 9.60. The van der Waals surface area contributed by atoms with Gasteiger partial charge in [-0.05, 0) is 64.0 Å². The van der Waals surface area contributed by atoms with E-state index in [1.165, 1.54) is 18.9 Å². The Hall–Kier alpha value is -2.41. The Labute approximate surface area is 159 Å². The van der Waals surface area contributed by atoms with Crippen LogP contribution in [0.5, 0.6) is 0 Å². The van der Waals surface area contributed by atoms with Crippen molar-refractivity contribution in [1.82, 2.24) is 20.0 Å². The van der Waals surface area contributed by atoms with Crippen molar-refractivity contribution in [3.63, 3.8) is 0 Å². The number of piperidine rings is 1. The lowest BCUT2D eigenvalue weighted by Crippen LogP contribution is -2.47. The van der Waals surface area contributed by atoms with Gasteiger partial charge >= 0.3 is 6.03 Å². The van der Waals surface area contributed by atoms with Crippen molar-refractivity contribution in [3.05, 3.63) is 41.5 Å². The molecule has 1 atom stereocenters. The molecule has 0 radical (unpaired) electrons. The fraction of sp³-hybridized carbons (Fsp3) is 0.500. The van der Waals surface area contributed by atoms with Gasteiger partial charge < -0.3 is 10.6 Å². The molecule has 146 valence electrons. The summed E-state index contributed by atoms with van der Waals surface area (Å²) in [5.74, 6) is -0.427. The summed E-state index contributed by atoms with van der Waals surface area (Å²) < 4.78 is 16.1. The van der Waals surface area contributed by atoms with Gasteiger partial charge in [-0.1, -0.05) is 13.3 Å². The largest absolute Gasteiger partial charge is 0.336 e. The van der Waals surface area contributed by atoms with E-state index >= 15 is 0 Å². The van der Waals surface area contributed by atoms with E-state index in [1.54, 1.807) is 16.8 Å². The zero-order valence-electron chi connectivity index (χ0n) is 16.3. The molecule has 0 bridgehead atoms. The number of aromatic nitrogens is 2. The molecule has 7 heteroatoms. The summed E-state index contributed by atoms with van der Waals surface area (Å²) in [4.78, 5) is 14.6. The van der Waals surface area contributed by atoms with Gasteiger partial charge in [0, 0.05) is 24.0 Å². The highest BCUT2D eigenvalue weighted by Gasteiger charge is 2.21. The highest BCUT2D eigenvalue weighted by molar-refractivity contribution is 5.89. The third-order valence-electron chi connectivity index (χ3n) is 5.10. The lowest BCUT2D eigenvalue weighted by molar-refractivity contribution is 0.154. The molecule has 0 saturated carbocycles. The maximum Gasteiger partial charge on any atom is 0.319 e. The van der Waals surface area contributed by atoms with Crippen molar-refractivity contribution in [2.24, 2.45) is 0 Å². The number of benzene rings is 1. The van der Waals surface area contributed by atoms with Crippen LogP contribution in [0.4, 0.5) is 14.9 Å². The molecule has 1 aliphatic heterocycles. The number of likely N-dealkylation sites (N-methyl/N-ethyl adjacent to an activating group) is 1. The number of halogens is 1. The first-order valence-electron chi connectivity index (χ1n) is 9.60. The minimum absolute atomic E-state index is 0.310. The first-order chi connectivity index (χ1) is 13.0. The van der Waals surface area contributed by atoms with E-state index in [9.17, 15) is 9.18 Å². The molecule has 0 spiro atoms. The minimum Gasteiger partial charge on any atom is -0.336 e. The van der Waals surface area contributed by atoms with Crippen molar-refractivity contribution in [2.75, 3.05) is 25.0 Å². The molecule has 1 unspecified atom stereocenters. The van der Waals surface area contributed by atoms with Gasteiger partial charge in [0.1, 0.15) is 5.69 Å². The van der Waals surface area contributed by atoms with Crippen LogP contribution in [0.3, 0.4) is 0 Å². The summed E-state index contributed by atoms with van der Waals surface area (Å²) in [6.45, 7) is 8.57. The molecule has 1 aromatic carbocycles. The number of nitrogens with one attached hydrogen (secondary N) is 2. The van der Waals surface area contributed by atoms with Crippen molar-refractivity contribution >= 4 is 11.7 Å². The van der Waals surface area contributed by atoms with Crippen molar-refractivity contribution < 1.29 is 9.18 Å². The number of aryl methyl sites for hydroxylation is 2. The highest BCUT2D eigenvalue weighted by Crippen LogP contribution is 2.20. The average Bonchev–Trinajstić information content (AvgIpc) is 2.98. The third kappa shape index (κ3) is 4.66. The molecule has 2 heterocycles. The third-order valence-corrected chi connectivity index (χ3v) is 5.10. The van der Waals surface area contributed by atoms with E-state index in [-0.39, 0.29) is 6.03 Å². The lowest BCUT2D eigenvalue weighted by Gasteiger charge is -2.34. The van der Waals surface area contributed by atoms with Crippen molar-refractivity contribution in [1.29, 1.82) is 0 Å². The summed E-state index contributed by atoms with van der Waals surface area (Å²) in [7, 11) is 0. The zero-order chi connectivity index (χ0) is 19.4. The van der Waals surface area contributed by atoms with Crippen LogP contribution >= 0.6 is 0 Å². The second-order valence-corrected chi connectivity index (χ2v) is 7.12. The molecule has 3 rings (SSSR count). The number of amides is 2. The van der Waals surface area contributed by atoms with Gasteiger partial charge in [0.25, 0.3) is 0 Å². The predicted octanol–water partition coefficient (Wildman–Crippen LogP) is 3.62. The number of nitrogens with zero attached hydrogens (tertiary/aromatic N) is 3. The van der Waals surface area contributed by atoms with Crippen LogP contribution in [0.2, 0.25) is 0 Å². The number of anilines is 1. The first kappa shape index (κ1) is 19.4. The number of carbonyl (C=O) groups excluding carboxylic acids is 1. The van der Waals surface area contributed by atoms with Crippen LogP contribution in [0.15, 0.2) is 24.3 Å². The van der Waals surface area contributed by atoms with Crippen LogP contribution in [-0.2, 0) is 0 Å². The van der Waals surface area contributed by atoms with Gasteiger partial charge in [-0.15, -0.1) is 0 Å². The average molecular weight is 373 g/mol. The Morgan fingerprint density at radius 2 is 2.11 bits per heavy atom. The Bertz CT molecular complexity index is 804. The van der Waals surface area contributed by atoms with Crippen LogP contribution < -0.4 is 10.6 Å². The number of hydrogen-bond acceptors (Lipinski definition) is 3. The number of rotatable bonds is 5. The molecule has 27 heavy (non-hydrogen) atoms. The molecule has 1 saturated heterocycles. The Morgan fingerprint density at radius 1 is 1.30 bits per heavy atom. The molecule has 1 aromatic heterocycles. The molecular formula is C20H28FN5O. The van der Waals surface area contributed by atoms with Gasteiger partial charge in [-0.2, -0.15) is 5.10 Å². The Morgan fingerprint density at radius 3 is 2.78 bits per heavy atom. The normalized spacial score (nSPS) is 17.7. The number of urea groups is 1. The minimum atomic E-state index is -0.427. The predicted molar refractivity (Wildman–Crippen MR) is 105 cm³/mol. The smallest absolute Gasteiger partial charge is 0.319 e. The van der Waals surface area contributed by atoms with Crippen LogP contribution in [0.25, 0.3) is 5.69 Å². The van der Waals surface area contributed by atoms with E-state index in [4.69, 9.17) is 0 Å². The van der Waals surface area contributed by atoms with Gasteiger partial charge in [0.2, 0.25) is 0 Å². The number of likely N-dealkylation sites (tertiary alicyclic amines) is 1. The lowest BCUT2D eigenvalue weighted by atomic mass is 10.0. The van der Waals surface area contributed by atoms with Gasteiger partial charge in [-0.25, -0.2) is 13.9 Å². The Kier molecular flexibility index (Phi) is 6.11. The highest BCUT2D eigenvalue weighted by atomic mass is 19.1. The van der Waals surface area contributed by atoms with Gasteiger partial charge in [0.15, 0.2) is 5.82 Å². The fourth-order valence-corrected chi connectivity index (χ4v) is 3.72. The van der Waals surface area contributed by atoms with Crippen molar-refractivity contribution in [3.8, 4) is 5.69 Å². The molecular weight excluding hydrogens is 345 g/mol. The molecule has 2 aromatic rings. The summed E-state index contributed by atoms with van der Waals surface area (Å²) in [6, 6.07) is 6.60. The molecule has 2 N–H and O–H groups in total. The zero-order valence-corrected chi connectivity index (χ0v) is 16.3.